The van der Waals surface area contributed by atoms with E-state index in [1.165, 1.54) is 16.0 Å². The topological polar surface area (TPSA) is 54.9 Å². The van der Waals surface area contributed by atoms with Crippen LogP contribution < -0.4 is 10.6 Å². The molecule has 0 saturated carbocycles. The van der Waals surface area contributed by atoms with Gasteiger partial charge in [-0.3, -0.25) is 4.99 Å². The van der Waals surface area contributed by atoms with Crippen molar-refractivity contribution in [1.29, 1.82) is 0 Å². The first-order chi connectivity index (χ1) is 11.6. The molecule has 2 N–H and O–H groups in total. The van der Waals surface area contributed by atoms with Crippen molar-refractivity contribution in [3.05, 3.63) is 29.3 Å². The molecule has 1 aliphatic heterocycles. The summed E-state index contributed by atoms with van der Waals surface area (Å²) in [4.78, 5) is 5.63. The summed E-state index contributed by atoms with van der Waals surface area (Å²) in [6.45, 7) is 5.11. The highest BCUT2D eigenvalue weighted by Gasteiger charge is 2.32. The van der Waals surface area contributed by atoms with Crippen LogP contribution in [-0.4, -0.2) is 51.7 Å². The molecule has 1 fully saturated rings. The molecule has 0 amide bonds. The fourth-order valence-corrected chi connectivity index (χ4v) is 3.54. The second-order valence-corrected chi connectivity index (χ2v) is 6.94. The van der Waals surface area contributed by atoms with E-state index >= 15 is 0 Å². The highest BCUT2D eigenvalue weighted by molar-refractivity contribution is 14.0. The molecule has 5 nitrogen and oxygen atoms in total. The van der Waals surface area contributed by atoms with E-state index < -0.39 is 0 Å². The lowest BCUT2D eigenvalue weighted by molar-refractivity contribution is -0.0855. The van der Waals surface area contributed by atoms with E-state index in [1.54, 1.807) is 25.9 Å². The standard InChI is InChI=1S/C18H29N3O2S.HI/c1-14-5-6-15(16(11-14)24-4)12-20-17(19-2)21-13-18(22-3)7-9-23-10-8-18;/h5-6,11H,7-10,12-13H2,1-4H3,(H2,19,20,21);1H. The van der Waals surface area contributed by atoms with E-state index in [-0.39, 0.29) is 29.6 Å². The molecule has 1 aromatic rings. The zero-order valence-corrected chi connectivity index (χ0v) is 18.7. The molecule has 0 aliphatic carbocycles. The normalized spacial score (nSPS) is 16.9. The van der Waals surface area contributed by atoms with Crippen LogP contribution in [0.2, 0.25) is 0 Å². The number of hydrogen-bond donors (Lipinski definition) is 2. The molecule has 1 aliphatic rings. The van der Waals surface area contributed by atoms with E-state index in [9.17, 15) is 0 Å². The lowest BCUT2D eigenvalue weighted by atomic mass is 9.94. The fourth-order valence-electron chi connectivity index (χ4n) is 2.84. The Labute approximate surface area is 172 Å². The highest BCUT2D eigenvalue weighted by Crippen LogP contribution is 2.24. The molecule has 7 heteroatoms. The number of methoxy groups -OCH3 is 1. The van der Waals surface area contributed by atoms with Crippen molar-refractivity contribution in [3.8, 4) is 0 Å². The summed E-state index contributed by atoms with van der Waals surface area (Å²) in [5.41, 5.74) is 2.40. The van der Waals surface area contributed by atoms with Crippen molar-refractivity contribution in [2.45, 2.75) is 36.8 Å². The highest BCUT2D eigenvalue weighted by atomic mass is 127. The summed E-state index contributed by atoms with van der Waals surface area (Å²) in [5, 5.41) is 6.80. The number of ether oxygens (including phenoxy) is 2. The molecule has 2 rings (SSSR count). The zero-order chi connectivity index (χ0) is 17.4. The Balaban J connectivity index is 0.00000312. The van der Waals surface area contributed by atoms with Gasteiger partial charge in [0.25, 0.3) is 0 Å². The van der Waals surface area contributed by atoms with Gasteiger partial charge in [-0.05, 0) is 30.4 Å². The third-order valence-corrected chi connectivity index (χ3v) is 5.35. The Bertz CT molecular complexity index is 563. The van der Waals surface area contributed by atoms with E-state index in [4.69, 9.17) is 9.47 Å². The van der Waals surface area contributed by atoms with E-state index in [1.807, 2.05) is 0 Å². The van der Waals surface area contributed by atoms with E-state index in [2.05, 4.69) is 47.0 Å². The first-order valence-electron chi connectivity index (χ1n) is 8.33. The van der Waals surface area contributed by atoms with Gasteiger partial charge in [-0.1, -0.05) is 12.1 Å². The van der Waals surface area contributed by atoms with Gasteiger partial charge < -0.3 is 20.1 Å². The van der Waals surface area contributed by atoms with Crippen molar-refractivity contribution < 1.29 is 9.47 Å². The van der Waals surface area contributed by atoms with Gasteiger partial charge in [0, 0.05) is 58.2 Å². The Kier molecular flexibility index (Phi) is 10.1. The molecular weight excluding hydrogens is 449 g/mol. The minimum Gasteiger partial charge on any atom is -0.381 e. The van der Waals surface area contributed by atoms with Gasteiger partial charge in [0.15, 0.2) is 5.96 Å². The minimum absolute atomic E-state index is 0. The molecule has 0 atom stereocenters. The number of thioether (sulfide) groups is 1. The monoisotopic (exact) mass is 479 g/mol. The van der Waals surface area contributed by atoms with Crippen LogP contribution in [0.1, 0.15) is 24.0 Å². The third-order valence-electron chi connectivity index (χ3n) is 4.53. The number of nitrogens with one attached hydrogen (secondary N) is 2. The van der Waals surface area contributed by atoms with E-state index in [0.717, 1.165) is 45.1 Å². The summed E-state index contributed by atoms with van der Waals surface area (Å²) in [7, 11) is 3.57. The maximum atomic E-state index is 5.76. The number of aliphatic imine (C=N–C) groups is 1. The van der Waals surface area contributed by atoms with Crippen molar-refractivity contribution in [2.75, 3.05) is 40.2 Å². The summed E-state index contributed by atoms with van der Waals surface area (Å²) in [5.74, 6) is 0.797. The Hall–Kier alpha value is -0.510. The number of halogens is 1. The Morgan fingerprint density at radius 1 is 1.32 bits per heavy atom. The molecule has 0 unspecified atom stereocenters. The Morgan fingerprint density at radius 3 is 2.64 bits per heavy atom. The van der Waals surface area contributed by atoms with Crippen molar-refractivity contribution in [2.24, 2.45) is 4.99 Å². The van der Waals surface area contributed by atoms with Crippen LogP contribution in [0.15, 0.2) is 28.1 Å². The number of aryl methyl sites for hydroxylation is 1. The molecule has 0 spiro atoms. The Morgan fingerprint density at radius 2 is 2.04 bits per heavy atom. The molecule has 25 heavy (non-hydrogen) atoms. The van der Waals surface area contributed by atoms with Crippen LogP contribution in [0.25, 0.3) is 0 Å². The zero-order valence-electron chi connectivity index (χ0n) is 15.6. The third kappa shape index (κ3) is 6.62. The van der Waals surface area contributed by atoms with Crippen molar-refractivity contribution in [3.63, 3.8) is 0 Å². The maximum Gasteiger partial charge on any atom is 0.191 e. The van der Waals surface area contributed by atoms with Gasteiger partial charge in [0.2, 0.25) is 0 Å². The average Bonchev–Trinajstić information content (AvgIpc) is 2.63. The number of nitrogens with zero attached hydrogens (tertiary/aromatic N) is 1. The molecule has 0 bridgehead atoms. The van der Waals surface area contributed by atoms with Gasteiger partial charge in [-0.25, -0.2) is 0 Å². The molecule has 0 aromatic heterocycles. The lowest BCUT2D eigenvalue weighted by Crippen LogP contribution is -2.50. The fraction of sp³-hybridized carbons (Fsp3) is 0.611. The number of guanidine groups is 1. The van der Waals surface area contributed by atoms with Crippen LogP contribution in [0.3, 0.4) is 0 Å². The predicted octanol–water partition coefficient (Wildman–Crippen LogP) is 3.20. The summed E-state index contributed by atoms with van der Waals surface area (Å²) in [6.07, 6.45) is 3.92. The van der Waals surface area contributed by atoms with Gasteiger partial charge >= 0.3 is 0 Å². The van der Waals surface area contributed by atoms with Crippen molar-refractivity contribution >= 4 is 41.7 Å². The summed E-state index contributed by atoms with van der Waals surface area (Å²) in [6, 6.07) is 6.55. The largest absolute Gasteiger partial charge is 0.381 e. The van der Waals surface area contributed by atoms with Crippen LogP contribution in [0.4, 0.5) is 0 Å². The van der Waals surface area contributed by atoms with Gasteiger partial charge in [-0.2, -0.15) is 0 Å². The van der Waals surface area contributed by atoms with Crippen molar-refractivity contribution in [1.82, 2.24) is 10.6 Å². The number of hydrogen-bond acceptors (Lipinski definition) is 4. The van der Waals surface area contributed by atoms with Gasteiger partial charge in [0.05, 0.1) is 5.60 Å². The lowest BCUT2D eigenvalue weighted by Gasteiger charge is -2.36. The van der Waals surface area contributed by atoms with Gasteiger partial charge in [-0.15, -0.1) is 35.7 Å². The predicted molar refractivity (Wildman–Crippen MR) is 116 cm³/mol. The molecule has 142 valence electrons. The van der Waals surface area contributed by atoms with Crippen LogP contribution >= 0.6 is 35.7 Å². The van der Waals surface area contributed by atoms with Crippen LogP contribution in [-0.2, 0) is 16.0 Å². The second-order valence-electron chi connectivity index (χ2n) is 6.09. The molecule has 1 saturated heterocycles. The molecule has 0 radical (unpaired) electrons. The minimum atomic E-state index is -0.163. The number of benzene rings is 1. The van der Waals surface area contributed by atoms with Gasteiger partial charge in [0.1, 0.15) is 0 Å². The first-order valence-corrected chi connectivity index (χ1v) is 9.56. The van der Waals surface area contributed by atoms with Crippen LogP contribution in [0.5, 0.6) is 0 Å². The molecular formula is C18H30IN3O2S. The maximum absolute atomic E-state index is 5.76. The molecule has 1 aromatic carbocycles. The molecule has 1 heterocycles. The quantitative estimate of drug-likeness (QED) is 0.284. The van der Waals surface area contributed by atoms with E-state index in [0.29, 0.717) is 0 Å². The average molecular weight is 479 g/mol. The summed E-state index contributed by atoms with van der Waals surface area (Å²) < 4.78 is 11.2. The number of rotatable bonds is 6. The van der Waals surface area contributed by atoms with Crippen LogP contribution in [0, 0.1) is 6.92 Å². The smallest absolute Gasteiger partial charge is 0.191 e. The summed E-state index contributed by atoms with van der Waals surface area (Å²) >= 11 is 1.77. The first kappa shape index (κ1) is 22.5. The second kappa shape index (κ2) is 11.3. The SMILES string of the molecule is CN=C(NCc1ccc(C)cc1SC)NCC1(OC)CCOCC1.I.